The Hall–Kier alpha value is -1.13. The molecule has 0 amide bonds. The Balaban J connectivity index is 1.94. The molecule has 4 heteroatoms. The van der Waals surface area contributed by atoms with E-state index in [1.165, 1.54) is 5.56 Å². The van der Waals surface area contributed by atoms with Crippen LogP contribution in [0.25, 0.3) is 0 Å². The zero-order chi connectivity index (χ0) is 12.1. The quantitative estimate of drug-likeness (QED) is 0.834. The van der Waals surface area contributed by atoms with Gasteiger partial charge in [-0.2, -0.15) is 0 Å². The molecular weight excluding hydrogens is 212 g/mol. The molecule has 2 heterocycles. The number of hydrogen-bond donors (Lipinski definition) is 1. The smallest absolute Gasteiger partial charge is 0.128 e. The number of nitrogens with two attached hydrogens (primary N) is 1. The number of hydrogen-bond acceptors (Lipinski definition) is 4. The topological polar surface area (TPSA) is 45.4 Å². The lowest BCUT2D eigenvalue weighted by atomic mass is 10.2. The summed E-state index contributed by atoms with van der Waals surface area (Å²) in [6.07, 6.45) is 2.87. The lowest BCUT2D eigenvalue weighted by molar-refractivity contribution is 0.270. The minimum Gasteiger partial charge on any atom is -0.354 e. The van der Waals surface area contributed by atoms with E-state index in [1.54, 1.807) is 0 Å². The molecular formula is C13H22N4. The van der Waals surface area contributed by atoms with E-state index in [2.05, 4.69) is 33.8 Å². The molecule has 1 aliphatic heterocycles. The fraction of sp³-hybridized carbons (Fsp3) is 0.615. The van der Waals surface area contributed by atoms with Gasteiger partial charge in [-0.3, -0.25) is 0 Å². The fourth-order valence-corrected chi connectivity index (χ4v) is 2.21. The van der Waals surface area contributed by atoms with Crippen LogP contribution in [0.15, 0.2) is 18.3 Å². The largest absolute Gasteiger partial charge is 0.354 e. The van der Waals surface area contributed by atoms with Gasteiger partial charge >= 0.3 is 0 Å². The normalized spacial score (nSPS) is 17.4. The van der Waals surface area contributed by atoms with Gasteiger partial charge in [-0.05, 0) is 31.1 Å². The average molecular weight is 234 g/mol. The van der Waals surface area contributed by atoms with Gasteiger partial charge in [-0.1, -0.05) is 13.0 Å². The van der Waals surface area contributed by atoms with Crippen molar-refractivity contribution in [3.8, 4) is 0 Å². The standard InChI is InChI=1S/C13H22N4/c1-2-16-7-9-17(10-8-16)13-4-3-12(5-6-14)11-15-13/h3-4,11H,2,5-10,14H2,1H3. The third-order valence-corrected chi connectivity index (χ3v) is 3.39. The predicted molar refractivity (Wildman–Crippen MR) is 71.3 cm³/mol. The summed E-state index contributed by atoms with van der Waals surface area (Å²) in [6.45, 7) is 8.50. The molecule has 4 nitrogen and oxygen atoms in total. The second-order valence-corrected chi connectivity index (χ2v) is 4.48. The van der Waals surface area contributed by atoms with E-state index in [1.807, 2.05) is 6.20 Å². The Labute approximate surface area is 103 Å². The van der Waals surface area contributed by atoms with Crippen LogP contribution in [0.4, 0.5) is 5.82 Å². The number of piperazine rings is 1. The molecule has 1 aliphatic rings. The van der Waals surface area contributed by atoms with Crippen LogP contribution < -0.4 is 10.6 Å². The highest BCUT2D eigenvalue weighted by Crippen LogP contribution is 2.14. The lowest BCUT2D eigenvalue weighted by Gasteiger charge is -2.34. The summed E-state index contributed by atoms with van der Waals surface area (Å²) in [5, 5.41) is 0. The molecule has 1 aromatic rings. The summed E-state index contributed by atoms with van der Waals surface area (Å²) in [4.78, 5) is 9.35. The van der Waals surface area contributed by atoms with E-state index in [0.717, 1.165) is 45.0 Å². The zero-order valence-corrected chi connectivity index (χ0v) is 10.6. The van der Waals surface area contributed by atoms with Crippen LogP contribution in [0.2, 0.25) is 0 Å². The van der Waals surface area contributed by atoms with E-state index in [9.17, 15) is 0 Å². The van der Waals surface area contributed by atoms with Crippen LogP contribution in [-0.2, 0) is 6.42 Å². The first kappa shape index (κ1) is 12.3. The van der Waals surface area contributed by atoms with Gasteiger partial charge in [0.15, 0.2) is 0 Å². The molecule has 2 rings (SSSR count). The van der Waals surface area contributed by atoms with Crippen molar-refractivity contribution >= 4 is 5.82 Å². The fourth-order valence-electron chi connectivity index (χ4n) is 2.21. The Morgan fingerprint density at radius 2 is 2.00 bits per heavy atom. The number of nitrogens with zero attached hydrogens (tertiary/aromatic N) is 3. The third kappa shape index (κ3) is 3.17. The van der Waals surface area contributed by atoms with Crippen LogP contribution in [0, 0.1) is 0 Å². The maximum atomic E-state index is 5.53. The first-order chi connectivity index (χ1) is 8.33. The highest BCUT2D eigenvalue weighted by molar-refractivity contribution is 5.39. The number of anilines is 1. The van der Waals surface area contributed by atoms with Gasteiger partial charge in [0.05, 0.1) is 0 Å². The van der Waals surface area contributed by atoms with Gasteiger partial charge in [0, 0.05) is 32.4 Å². The van der Waals surface area contributed by atoms with Gasteiger partial charge < -0.3 is 15.5 Å². The van der Waals surface area contributed by atoms with Crippen molar-refractivity contribution < 1.29 is 0 Å². The van der Waals surface area contributed by atoms with Crippen LogP contribution in [0.1, 0.15) is 12.5 Å². The molecule has 1 saturated heterocycles. The van der Waals surface area contributed by atoms with Gasteiger partial charge in [0.25, 0.3) is 0 Å². The first-order valence-corrected chi connectivity index (χ1v) is 6.45. The van der Waals surface area contributed by atoms with Crippen molar-refractivity contribution in [2.24, 2.45) is 5.73 Å². The van der Waals surface area contributed by atoms with E-state index >= 15 is 0 Å². The minimum atomic E-state index is 0.691. The van der Waals surface area contributed by atoms with Crippen molar-refractivity contribution in [1.29, 1.82) is 0 Å². The van der Waals surface area contributed by atoms with E-state index in [-0.39, 0.29) is 0 Å². The molecule has 0 bridgehead atoms. The molecule has 0 spiro atoms. The Kier molecular flexibility index (Phi) is 4.34. The second-order valence-electron chi connectivity index (χ2n) is 4.48. The number of likely N-dealkylation sites (N-methyl/N-ethyl adjacent to an activating group) is 1. The molecule has 94 valence electrons. The van der Waals surface area contributed by atoms with Gasteiger partial charge in [-0.25, -0.2) is 4.98 Å². The van der Waals surface area contributed by atoms with Gasteiger partial charge in [0.2, 0.25) is 0 Å². The molecule has 17 heavy (non-hydrogen) atoms. The van der Waals surface area contributed by atoms with Crippen molar-refractivity contribution in [3.63, 3.8) is 0 Å². The Morgan fingerprint density at radius 1 is 1.24 bits per heavy atom. The first-order valence-electron chi connectivity index (χ1n) is 6.45. The number of pyridine rings is 1. The maximum absolute atomic E-state index is 5.53. The van der Waals surface area contributed by atoms with Gasteiger partial charge in [0.1, 0.15) is 5.82 Å². The summed E-state index contributed by atoms with van der Waals surface area (Å²) in [5.41, 5.74) is 6.75. The molecule has 0 aliphatic carbocycles. The molecule has 2 N–H and O–H groups in total. The second kappa shape index (κ2) is 5.98. The summed E-state index contributed by atoms with van der Waals surface area (Å²) in [6, 6.07) is 4.26. The van der Waals surface area contributed by atoms with Crippen LogP contribution in [-0.4, -0.2) is 49.2 Å². The van der Waals surface area contributed by atoms with Crippen LogP contribution in [0.5, 0.6) is 0 Å². The third-order valence-electron chi connectivity index (χ3n) is 3.39. The minimum absolute atomic E-state index is 0.691. The molecule has 0 atom stereocenters. The van der Waals surface area contributed by atoms with E-state index in [4.69, 9.17) is 5.73 Å². The van der Waals surface area contributed by atoms with E-state index < -0.39 is 0 Å². The lowest BCUT2D eigenvalue weighted by Crippen LogP contribution is -2.46. The van der Waals surface area contributed by atoms with E-state index in [0.29, 0.717) is 6.54 Å². The maximum Gasteiger partial charge on any atom is 0.128 e. The monoisotopic (exact) mass is 234 g/mol. The zero-order valence-electron chi connectivity index (χ0n) is 10.6. The van der Waals surface area contributed by atoms with Crippen molar-refractivity contribution in [2.45, 2.75) is 13.3 Å². The Morgan fingerprint density at radius 3 is 2.53 bits per heavy atom. The predicted octanol–water partition coefficient (Wildman–Crippen LogP) is 0.725. The molecule has 1 fully saturated rings. The highest BCUT2D eigenvalue weighted by atomic mass is 15.3. The molecule has 0 unspecified atom stereocenters. The molecule has 1 aromatic heterocycles. The van der Waals surface area contributed by atoms with Crippen molar-refractivity contribution in [3.05, 3.63) is 23.9 Å². The average Bonchev–Trinajstić information content (AvgIpc) is 2.40. The van der Waals surface area contributed by atoms with Crippen LogP contribution >= 0.6 is 0 Å². The van der Waals surface area contributed by atoms with Crippen molar-refractivity contribution in [1.82, 2.24) is 9.88 Å². The van der Waals surface area contributed by atoms with Crippen molar-refractivity contribution in [2.75, 3.05) is 44.2 Å². The number of aromatic nitrogens is 1. The summed E-state index contributed by atoms with van der Waals surface area (Å²) in [7, 11) is 0. The summed E-state index contributed by atoms with van der Waals surface area (Å²) in [5.74, 6) is 1.10. The summed E-state index contributed by atoms with van der Waals surface area (Å²) >= 11 is 0. The van der Waals surface area contributed by atoms with Gasteiger partial charge in [-0.15, -0.1) is 0 Å². The summed E-state index contributed by atoms with van der Waals surface area (Å²) < 4.78 is 0. The number of rotatable bonds is 4. The Bertz CT molecular complexity index is 328. The highest BCUT2D eigenvalue weighted by Gasteiger charge is 2.16. The molecule has 0 radical (unpaired) electrons. The molecule has 0 saturated carbocycles. The molecule has 0 aromatic carbocycles. The SMILES string of the molecule is CCN1CCN(c2ccc(CCN)cn2)CC1. The van der Waals surface area contributed by atoms with Crippen LogP contribution in [0.3, 0.4) is 0 Å².